The lowest BCUT2D eigenvalue weighted by molar-refractivity contribution is 0.247. The predicted octanol–water partition coefficient (Wildman–Crippen LogP) is 4.13. The molecule has 4 nitrogen and oxygen atoms in total. The smallest absolute Gasteiger partial charge is 0.319 e. The third-order valence-corrected chi connectivity index (χ3v) is 3.41. The van der Waals surface area contributed by atoms with E-state index in [2.05, 4.69) is 10.6 Å². The molecule has 0 spiro atoms. The number of benzene rings is 2. The number of ether oxygens (including phenoxy) is 1. The van der Waals surface area contributed by atoms with E-state index in [0.29, 0.717) is 10.8 Å². The summed E-state index contributed by atoms with van der Waals surface area (Å²) >= 11 is 5.90. The number of aryl methyl sites for hydroxylation is 1. The Hall–Kier alpha value is -2.34. The largest absolute Gasteiger partial charge is 0.492 e. The lowest BCUT2D eigenvalue weighted by Gasteiger charge is -2.10. The van der Waals surface area contributed by atoms with Gasteiger partial charge in [0.1, 0.15) is 29.7 Å². The van der Waals surface area contributed by atoms with E-state index in [-0.39, 0.29) is 13.2 Å². The van der Waals surface area contributed by atoms with Crippen molar-refractivity contribution in [2.24, 2.45) is 0 Å². The summed E-state index contributed by atoms with van der Waals surface area (Å²) < 4.78 is 32.2. The Morgan fingerprint density at radius 2 is 1.91 bits per heavy atom. The van der Waals surface area contributed by atoms with Gasteiger partial charge in [0.05, 0.1) is 6.54 Å². The number of urea groups is 1. The Kier molecular flexibility index (Phi) is 5.76. The zero-order valence-corrected chi connectivity index (χ0v) is 13.1. The molecule has 0 radical (unpaired) electrons. The average molecular weight is 341 g/mol. The molecule has 0 heterocycles. The zero-order chi connectivity index (χ0) is 16.8. The molecule has 23 heavy (non-hydrogen) atoms. The zero-order valence-electron chi connectivity index (χ0n) is 12.3. The standard InChI is InChI=1S/C16H15ClF2N2O2/c1-10-9-11(5-6-12(10)17)23-8-7-20-16(22)21-15-13(18)3-2-4-14(15)19/h2-6,9H,7-8H2,1H3,(H2,20,21,22). The van der Waals surface area contributed by atoms with Crippen LogP contribution in [0, 0.1) is 18.6 Å². The van der Waals surface area contributed by atoms with Gasteiger partial charge < -0.3 is 15.4 Å². The molecule has 0 aliphatic rings. The van der Waals surface area contributed by atoms with Gasteiger partial charge in [-0.15, -0.1) is 0 Å². The van der Waals surface area contributed by atoms with Gasteiger partial charge in [-0.2, -0.15) is 0 Å². The molecule has 0 atom stereocenters. The SMILES string of the molecule is Cc1cc(OCCNC(=O)Nc2c(F)cccc2F)ccc1Cl. The van der Waals surface area contributed by atoms with Crippen LogP contribution in [0.25, 0.3) is 0 Å². The highest BCUT2D eigenvalue weighted by atomic mass is 35.5. The first kappa shape index (κ1) is 17.0. The van der Waals surface area contributed by atoms with Crippen molar-refractivity contribution in [3.63, 3.8) is 0 Å². The van der Waals surface area contributed by atoms with Crippen LogP contribution in [0.15, 0.2) is 36.4 Å². The fraction of sp³-hybridized carbons (Fsp3) is 0.188. The molecule has 0 unspecified atom stereocenters. The van der Waals surface area contributed by atoms with Crippen LogP contribution in [0.2, 0.25) is 5.02 Å². The second-order valence-corrected chi connectivity index (χ2v) is 5.14. The number of amides is 2. The highest BCUT2D eigenvalue weighted by Gasteiger charge is 2.11. The maximum atomic E-state index is 13.4. The minimum absolute atomic E-state index is 0.170. The molecule has 2 N–H and O–H groups in total. The minimum atomic E-state index is -0.840. The number of hydrogen-bond acceptors (Lipinski definition) is 2. The summed E-state index contributed by atoms with van der Waals surface area (Å²) in [4.78, 5) is 11.6. The van der Waals surface area contributed by atoms with Crippen molar-refractivity contribution in [1.82, 2.24) is 5.32 Å². The van der Waals surface area contributed by atoms with Crippen molar-refractivity contribution in [3.05, 3.63) is 58.6 Å². The number of halogens is 3. The highest BCUT2D eigenvalue weighted by molar-refractivity contribution is 6.31. The number of nitrogens with one attached hydrogen (secondary N) is 2. The summed E-state index contributed by atoms with van der Waals surface area (Å²) in [5, 5.41) is 5.21. The predicted molar refractivity (Wildman–Crippen MR) is 85.1 cm³/mol. The summed E-state index contributed by atoms with van der Waals surface area (Å²) in [7, 11) is 0. The number of para-hydroxylation sites is 1. The van der Waals surface area contributed by atoms with Gasteiger partial charge in [-0.25, -0.2) is 13.6 Å². The van der Waals surface area contributed by atoms with Crippen molar-refractivity contribution in [1.29, 1.82) is 0 Å². The Balaban J connectivity index is 1.78. The Bertz CT molecular complexity index is 690. The van der Waals surface area contributed by atoms with Crippen LogP contribution in [0.4, 0.5) is 19.3 Å². The van der Waals surface area contributed by atoms with Gasteiger partial charge >= 0.3 is 6.03 Å². The third-order valence-electron chi connectivity index (χ3n) is 2.99. The van der Waals surface area contributed by atoms with E-state index in [4.69, 9.17) is 16.3 Å². The highest BCUT2D eigenvalue weighted by Crippen LogP contribution is 2.21. The van der Waals surface area contributed by atoms with Crippen LogP contribution in [0.3, 0.4) is 0 Å². The summed E-state index contributed by atoms with van der Waals surface area (Å²) in [5.41, 5.74) is 0.393. The fourth-order valence-corrected chi connectivity index (χ4v) is 1.93. The molecule has 0 aliphatic heterocycles. The monoisotopic (exact) mass is 340 g/mol. The molecule has 0 saturated heterocycles. The molecule has 122 valence electrons. The van der Waals surface area contributed by atoms with Gasteiger partial charge in [0.25, 0.3) is 0 Å². The molecular weight excluding hydrogens is 326 g/mol. The van der Waals surface area contributed by atoms with E-state index in [1.807, 2.05) is 6.92 Å². The van der Waals surface area contributed by atoms with Crippen molar-refractivity contribution in [2.75, 3.05) is 18.5 Å². The Morgan fingerprint density at radius 1 is 1.22 bits per heavy atom. The minimum Gasteiger partial charge on any atom is -0.492 e. The summed E-state index contributed by atoms with van der Waals surface area (Å²) in [6.07, 6.45) is 0. The van der Waals surface area contributed by atoms with Gasteiger partial charge in [0.15, 0.2) is 0 Å². The lowest BCUT2D eigenvalue weighted by atomic mass is 10.2. The number of anilines is 1. The number of carbonyl (C=O) groups is 1. The van der Waals surface area contributed by atoms with Gasteiger partial charge in [-0.1, -0.05) is 17.7 Å². The second-order valence-electron chi connectivity index (χ2n) is 4.74. The molecule has 2 amide bonds. The quantitative estimate of drug-likeness (QED) is 0.804. The molecule has 0 bridgehead atoms. The Morgan fingerprint density at radius 3 is 2.57 bits per heavy atom. The number of carbonyl (C=O) groups excluding carboxylic acids is 1. The van der Waals surface area contributed by atoms with Crippen molar-refractivity contribution >= 4 is 23.3 Å². The number of rotatable bonds is 5. The van der Waals surface area contributed by atoms with E-state index in [1.54, 1.807) is 18.2 Å². The van der Waals surface area contributed by atoms with Crippen LogP contribution >= 0.6 is 11.6 Å². The molecule has 0 fully saturated rings. The molecule has 0 saturated carbocycles. The Labute approximate surface area is 137 Å². The van der Waals surface area contributed by atoms with Gasteiger partial charge in [-0.05, 0) is 42.8 Å². The van der Waals surface area contributed by atoms with Gasteiger partial charge in [-0.3, -0.25) is 0 Å². The fourth-order valence-electron chi connectivity index (χ4n) is 1.82. The first-order chi connectivity index (χ1) is 11.0. The topological polar surface area (TPSA) is 50.4 Å². The summed E-state index contributed by atoms with van der Waals surface area (Å²) in [6.45, 7) is 2.22. The third kappa shape index (κ3) is 4.82. The van der Waals surface area contributed by atoms with E-state index in [9.17, 15) is 13.6 Å². The molecule has 0 aromatic heterocycles. The molecular formula is C16H15ClF2N2O2. The maximum Gasteiger partial charge on any atom is 0.319 e. The van der Waals surface area contributed by atoms with Gasteiger partial charge in [0, 0.05) is 5.02 Å². The van der Waals surface area contributed by atoms with E-state index in [0.717, 1.165) is 17.7 Å². The first-order valence-corrected chi connectivity index (χ1v) is 7.23. The van der Waals surface area contributed by atoms with Crippen molar-refractivity contribution < 1.29 is 18.3 Å². The van der Waals surface area contributed by atoms with Crippen LogP contribution < -0.4 is 15.4 Å². The molecule has 2 aromatic rings. The van der Waals surface area contributed by atoms with Crippen LogP contribution in [0.5, 0.6) is 5.75 Å². The maximum absolute atomic E-state index is 13.4. The van der Waals surface area contributed by atoms with Crippen molar-refractivity contribution in [3.8, 4) is 5.75 Å². The summed E-state index contributed by atoms with van der Waals surface area (Å²) in [6, 6.07) is 7.82. The van der Waals surface area contributed by atoms with Crippen LogP contribution in [-0.2, 0) is 0 Å². The molecule has 0 aliphatic carbocycles. The van der Waals surface area contributed by atoms with E-state index in [1.165, 1.54) is 6.07 Å². The summed E-state index contributed by atoms with van der Waals surface area (Å²) in [5.74, 6) is -1.06. The van der Waals surface area contributed by atoms with Crippen LogP contribution in [0.1, 0.15) is 5.56 Å². The van der Waals surface area contributed by atoms with Gasteiger partial charge in [0.2, 0.25) is 0 Å². The van der Waals surface area contributed by atoms with E-state index < -0.39 is 23.4 Å². The normalized spacial score (nSPS) is 10.3. The van der Waals surface area contributed by atoms with Crippen molar-refractivity contribution in [2.45, 2.75) is 6.92 Å². The average Bonchev–Trinajstić information content (AvgIpc) is 2.51. The first-order valence-electron chi connectivity index (χ1n) is 6.85. The lowest BCUT2D eigenvalue weighted by Crippen LogP contribution is -2.32. The van der Waals surface area contributed by atoms with Crippen LogP contribution in [-0.4, -0.2) is 19.2 Å². The molecule has 2 aromatic carbocycles. The molecule has 2 rings (SSSR count). The number of hydrogen-bond donors (Lipinski definition) is 2. The second kappa shape index (κ2) is 7.78. The molecule has 7 heteroatoms. The van der Waals surface area contributed by atoms with E-state index >= 15 is 0 Å².